The van der Waals surface area contributed by atoms with E-state index in [0.29, 0.717) is 6.61 Å². The van der Waals surface area contributed by atoms with Crippen LogP contribution >= 0.6 is 0 Å². The predicted molar refractivity (Wildman–Crippen MR) is 38.9 cm³/mol. The zero-order chi connectivity index (χ0) is 7.61. The Morgan fingerprint density at radius 2 is 2.40 bits per heavy atom. The normalized spacial score (nSPS) is 32.1. The second kappa shape index (κ2) is 2.86. The molecule has 0 saturated carbocycles. The Balaban J connectivity index is 2.31. The smallest absolute Gasteiger partial charge is 0.0930 e. The summed E-state index contributed by atoms with van der Waals surface area (Å²) >= 11 is 0. The number of nitrogens with one attached hydrogen (secondary N) is 1. The van der Waals surface area contributed by atoms with Gasteiger partial charge in [-0.15, -0.1) is 0 Å². The highest BCUT2D eigenvalue weighted by atomic mass is 16.5. The standard InChI is InChI=1S/C7H15NO2/c1-7(2)5-10-6(4-9)3-8-7/h6,8-9H,3-5H2,1-2H3/t6-/m0/s1. The topological polar surface area (TPSA) is 41.5 Å². The predicted octanol–water partition coefficient (Wildman–Crippen LogP) is -0.254. The molecule has 1 rings (SSSR count). The van der Waals surface area contributed by atoms with Crippen molar-refractivity contribution in [3.8, 4) is 0 Å². The van der Waals surface area contributed by atoms with Gasteiger partial charge in [-0.3, -0.25) is 0 Å². The SMILES string of the molecule is CC1(C)CO[C@H](CO)CN1. The van der Waals surface area contributed by atoms with Crippen molar-refractivity contribution in [2.24, 2.45) is 0 Å². The van der Waals surface area contributed by atoms with Crippen LogP contribution in [0, 0.1) is 0 Å². The molecule has 60 valence electrons. The van der Waals surface area contributed by atoms with Gasteiger partial charge in [-0.1, -0.05) is 0 Å². The van der Waals surface area contributed by atoms with Gasteiger partial charge in [0.1, 0.15) is 0 Å². The Hall–Kier alpha value is -0.120. The molecule has 1 fully saturated rings. The molecule has 1 aliphatic rings. The average molecular weight is 145 g/mol. The summed E-state index contributed by atoms with van der Waals surface area (Å²) in [4.78, 5) is 0. The van der Waals surface area contributed by atoms with Crippen LogP contribution in [0.25, 0.3) is 0 Å². The van der Waals surface area contributed by atoms with Gasteiger partial charge in [0.15, 0.2) is 0 Å². The molecule has 3 heteroatoms. The van der Waals surface area contributed by atoms with Gasteiger partial charge in [-0.25, -0.2) is 0 Å². The molecule has 0 amide bonds. The van der Waals surface area contributed by atoms with Crippen LogP contribution in [0.15, 0.2) is 0 Å². The summed E-state index contributed by atoms with van der Waals surface area (Å²) in [6.45, 7) is 5.71. The first kappa shape index (κ1) is 7.98. The Morgan fingerprint density at radius 1 is 1.70 bits per heavy atom. The summed E-state index contributed by atoms with van der Waals surface area (Å²) < 4.78 is 5.33. The van der Waals surface area contributed by atoms with Gasteiger partial charge >= 0.3 is 0 Å². The molecule has 1 aliphatic heterocycles. The number of aliphatic hydroxyl groups excluding tert-OH is 1. The molecular formula is C7H15NO2. The van der Waals surface area contributed by atoms with E-state index in [9.17, 15) is 0 Å². The lowest BCUT2D eigenvalue weighted by molar-refractivity contribution is -0.0459. The molecule has 0 radical (unpaired) electrons. The molecular weight excluding hydrogens is 130 g/mol. The van der Waals surface area contributed by atoms with E-state index >= 15 is 0 Å². The van der Waals surface area contributed by atoms with Crippen LogP contribution in [0.5, 0.6) is 0 Å². The second-order valence-electron chi connectivity index (χ2n) is 3.38. The second-order valence-corrected chi connectivity index (χ2v) is 3.38. The molecule has 0 spiro atoms. The number of hydrogen-bond donors (Lipinski definition) is 2. The molecule has 0 aromatic heterocycles. The van der Waals surface area contributed by atoms with Gasteiger partial charge in [-0.2, -0.15) is 0 Å². The van der Waals surface area contributed by atoms with Crippen LogP contribution in [-0.2, 0) is 4.74 Å². The molecule has 0 aromatic rings. The summed E-state index contributed by atoms with van der Waals surface area (Å²) in [5.74, 6) is 0. The van der Waals surface area contributed by atoms with Crippen LogP contribution in [0.3, 0.4) is 0 Å². The highest BCUT2D eigenvalue weighted by molar-refractivity contribution is 4.83. The summed E-state index contributed by atoms with van der Waals surface area (Å²) in [7, 11) is 0. The zero-order valence-corrected chi connectivity index (χ0v) is 6.55. The highest BCUT2D eigenvalue weighted by Crippen LogP contribution is 2.09. The molecule has 0 aliphatic carbocycles. The molecule has 10 heavy (non-hydrogen) atoms. The van der Waals surface area contributed by atoms with Gasteiger partial charge in [0, 0.05) is 12.1 Å². The van der Waals surface area contributed by atoms with Gasteiger partial charge in [0.25, 0.3) is 0 Å². The largest absolute Gasteiger partial charge is 0.394 e. The van der Waals surface area contributed by atoms with E-state index in [1.54, 1.807) is 0 Å². The van der Waals surface area contributed by atoms with Crippen molar-refractivity contribution in [1.82, 2.24) is 5.32 Å². The summed E-state index contributed by atoms with van der Waals surface area (Å²) in [5, 5.41) is 12.0. The van der Waals surface area contributed by atoms with Crippen molar-refractivity contribution < 1.29 is 9.84 Å². The van der Waals surface area contributed by atoms with Crippen molar-refractivity contribution in [3.63, 3.8) is 0 Å². The lowest BCUT2D eigenvalue weighted by atomic mass is 10.1. The summed E-state index contributed by atoms with van der Waals surface area (Å²) in [6.07, 6.45) is -0.00646. The number of rotatable bonds is 1. The minimum absolute atomic E-state index is 0.00646. The first-order chi connectivity index (χ1) is 4.64. The Bertz CT molecular complexity index is 104. The fraction of sp³-hybridized carbons (Fsp3) is 1.00. The molecule has 1 saturated heterocycles. The van der Waals surface area contributed by atoms with Crippen molar-refractivity contribution in [2.45, 2.75) is 25.5 Å². The van der Waals surface area contributed by atoms with Crippen LogP contribution in [0.4, 0.5) is 0 Å². The van der Waals surface area contributed by atoms with E-state index in [0.717, 1.165) is 6.54 Å². The lowest BCUT2D eigenvalue weighted by Gasteiger charge is -2.35. The minimum Gasteiger partial charge on any atom is -0.394 e. The number of aliphatic hydroxyl groups is 1. The fourth-order valence-corrected chi connectivity index (χ4v) is 0.944. The monoisotopic (exact) mass is 145 g/mol. The van der Waals surface area contributed by atoms with Crippen molar-refractivity contribution in [2.75, 3.05) is 19.8 Å². The number of ether oxygens (including phenoxy) is 1. The van der Waals surface area contributed by atoms with Gasteiger partial charge < -0.3 is 15.2 Å². The Labute approximate surface area is 61.4 Å². The molecule has 0 bridgehead atoms. The van der Waals surface area contributed by atoms with Gasteiger partial charge in [-0.05, 0) is 13.8 Å². The maximum atomic E-state index is 8.70. The molecule has 1 heterocycles. The van der Waals surface area contributed by atoms with Crippen molar-refractivity contribution in [1.29, 1.82) is 0 Å². The molecule has 0 aromatic carbocycles. The third kappa shape index (κ3) is 1.94. The van der Waals surface area contributed by atoms with Crippen molar-refractivity contribution in [3.05, 3.63) is 0 Å². The number of hydrogen-bond acceptors (Lipinski definition) is 3. The van der Waals surface area contributed by atoms with E-state index in [1.807, 2.05) is 0 Å². The van der Waals surface area contributed by atoms with Crippen molar-refractivity contribution >= 4 is 0 Å². The van der Waals surface area contributed by atoms with Crippen LogP contribution in [0.1, 0.15) is 13.8 Å². The molecule has 3 nitrogen and oxygen atoms in total. The first-order valence-corrected chi connectivity index (χ1v) is 3.61. The van der Waals surface area contributed by atoms with Crippen LogP contribution in [-0.4, -0.2) is 36.5 Å². The van der Waals surface area contributed by atoms with Gasteiger partial charge in [0.05, 0.1) is 19.3 Å². The average Bonchev–Trinajstić information content (AvgIpc) is 1.88. The minimum atomic E-state index is -0.00646. The maximum absolute atomic E-state index is 8.70. The highest BCUT2D eigenvalue weighted by Gasteiger charge is 2.25. The first-order valence-electron chi connectivity index (χ1n) is 3.61. The fourth-order valence-electron chi connectivity index (χ4n) is 0.944. The molecule has 0 unspecified atom stereocenters. The Kier molecular flexibility index (Phi) is 2.28. The van der Waals surface area contributed by atoms with Crippen LogP contribution < -0.4 is 5.32 Å². The number of morpholine rings is 1. The van der Waals surface area contributed by atoms with Gasteiger partial charge in [0.2, 0.25) is 0 Å². The maximum Gasteiger partial charge on any atom is 0.0930 e. The zero-order valence-electron chi connectivity index (χ0n) is 6.55. The van der Waals surface area contributed by atoms with E-state index < -0.39 is 0 Å². The van der Waals surface area contributed by atoms with Crippen LogP contribution in [0.2, 0.25) is 0 Å². The third-order valence-electron chi connectivity index (χ3n) is 1.69. The lowest BCUT2D eigenvalue weighted by Crippen LogP contribution is -2.54. The molecule has 1 atom stereocenters. The van der Waals surface area contributed by atoms with E-state index in [4.69, 9.17) is 9.84 Å². The molecule has 2 N–H and O–H groups in total. The third-order valence-corrected chi connectivity index (χ3v) is 1.69. The summed E-state index contributed by atoms with van der Waals surface area (Å²) in [5.41, 5.74) is 0.0751. The Morgan fingerprint density at radius 3 is 2.80 bits per heavy atom. The van der Waals surface area contributed by atoms with E-state index in [1.165, 1.54) is 0 Å². The van der Waals surface area contributed by atoms with E-state index in [-0.39, 0.29) is 18.2 Å². The summed E-state index contributed by atoms with van der Waals surface area (Å²) in [6, 6.07) is 0. The van der Waals surface area contributed by atoms with E-state index in [2.05, 4.69) is 19.2 Å². The quantitative estimate of drug-likeness (QED) is 0.534.